The first-order chi connectivity index (χ1) is 9.22. The van der Waals surface area contributed by atoms with Crippen LogP contribution in [0.5, 0.6) is 0 Å². The number of aryl methyl sites for hydroxylation is 1. The Balaban J connectivity index is 1.89. The summed E-state index contributed by atoms with van der Waals surface area (Å²) in [6, 6.07) is 2.25. The molecule has 0 saturated heterocycles. The Labute approximate surface area is 121 Å². The summed E-state index contributed by atoms with van der Waals surface area (Å²) < 4.78 is 0. The van der Waals surface area contributed by atoms with Crippen LogP contribution in [0.15, 0.2) is 11.4 Å². The number of rotatable bonds is 2. The quantitative estimate of drug-likeness (QED) is 0.810. The highest BCUT2D eigenvalue weighted by atomic mass is 32.1. The van der Waals surface area contributed by atoms with Crippen molar-refractivity contribution >= 4 is 11.3 Å². The standard InChI is InChI=1S/C17H27NS/c1-13-10-12-19-16(13)17(18)11-6-5-9-15(17)14-7-3-2-4-8-14/h10,12,14-15H,2-9,11,18H2,1H3. The third-order valence-corrected chi connectivity index (χ3v) is 6.73. The molecular weight excluding hydrogens is 250 g/mol. The van der Waals surface area contributed by atoms with Gasteiger partial charge in [0.1, 0.15) is 0 Å². The fourth-order valence-electron chi connectivity index (χ4n) is 4.55. The monoisotopic (exact) mass is 277 g/mol. The lowest BCUT2D eigenvalue weighted by molar-refractivity contribution is 0.101. The molecule has 0 aromatic carbocycles. The Kier molecular flexibility index (Phi) is 4.00. The molecule has 2 unspecified atom stereocenters. The van der Waals surface area contributed by atoms with Crippen molar-refractivity contribution < 1.29 is 0 Å². The summed E-state index contributed by atoms with van der Waals surface area (Å²) in [5, 5.41) is 2.23. The summed E-state index contributed by atoms with van der Waals surface area (Å²) in [4.78, 5) is 1.49. The lowest BCUT2D eigenvalue weighted by Crippen LogP contribution is -2.49. The van der Waals surface area contributed by atoms with E-state index < -0.39 is 0 Å². The summed E-state index contributed by atoms with van der Waals surface area (Å²) in [5.41, 5.74) is 8.42. The Hall–Kier alpha value is -0.340. The van der Waals surface area contributed by atoms with Crippen LogP contribution in [0.25, 0.3) is 0 Å². The lowest BCUT2D eigenvalue weighted by atomic mass is 9.63. The third-order valence-electron chi connectivity index (χ3n) is 5.52. The van der Waals surface area contributed by atoms with Crippen molar-refractivity contribution in [1.82, 2.24) is 0 Å². The number of thiophene rings is 1. The molecule has 2 saturated carbocycles. The normalized spacial score (nSPS) is 33.5. The zero-order valence-electron chi connectivity index (χ0n) is 12.2. The van der Waals surface area contributed by atoms with Crippen LogP contribution in [-0.4, -0.2) is 0 Å². The van der Waals surface area contributed by atoms with Gasteiger partial charge in [0.15, 0.2) is 0 Å². The largest absolute Gasteiger partial charge is 0.320 e. The van der Waals surface area contributed by atoms with E-state index in [9.17, 15) is 0 Å². The minimum absolute atomic E-state index is 0.0154. The Morgan fingerprint density at radius 3 is 2.53 bits per heavy atom. The van der Waals surface area contributed by atoms with Crippen molar-refractivity contribution in [2.75, 3.05) is 0 Å². The molecule has 0 bridgehead atoms. The number of hydrogen-bond donors (Lipinski definition) is 1. The first-order valence-electron chi connectivity index (χ1n) is 8.05. The van der Waals surface area contributed by atoms with Gasteiger partial charge in [0.25, 0.3) is 0 Å². The summed E-state index contributed by atoms with van der Waals surface area (Å²) in [5.74, 6) is 1.62. The topological polar surface area (TPSA) is 26.0 Å². The molecule has 1 heterocycles. The van der Waals surface area contributed by atoms with Gasteiger partial charge in [0.2, 0.25) is 0 Å². The van der Waals surface area contributed by atoms with E-state index in [2.05, 4.69) is 18.4 Å². The Morgan fingerprint density at radius 1 is 1.11 bits per heavy atom. The van der Waals surface area contributed by atoms with E-state index >= 15 is 0 Å². The van der Waals surface area contributed by atoms with Crippen LogP contribution in [0, 0.1) is 18.8 Å². The molecule has 0 aliphatic heterocycles. The molecule has 3 rings (SSSR count). The second-order valence-corrected chi connectivity index (χ2v) is 7.64. The van der Waals surface area contributed by atoms with E-state index in [4.69, 9.17) is 5.73 Å². The van der Waals surface area contributed by atoms with Crippen LogP contribution in [0.2, 0.25) is 0 Å². The highest BCUT2D eigenvalue weighted by molar-refractivity contribution is 7.10. The van der Waals surface area contributed by atoms with Crippen molar-refractivity contribution in [3.63, 3.8) is 0 Å². The van der Waals surface area contributed by atoms with E-state index in [0.29, 0.717) is 0 Å². The lowest BCUT2D eigenvalue weighted by Gasteiger charge is -2.46. The fraction of sp³-hybridized carbons (Fsp3) is 0.765. The van der Waals surface area contributed by atoms with Gasteiger partial charge in [-0.25, -0.2) is 0 Å². The van der Waals surface area contributed by atoms with Gasteiger partial charge in [-0.1, -0.05) is 44.9 Å². The Morgan fingerprint density at radius 2 is 1.84 bits per heavy atom. The predicted molar refractivity (Wildman–Crippen MR) is 83.5 cm³/mol. The van der Waals surface area contributed by atoms with Crippen molar-refractivity contribution in [2.24, 2.45) is 17.6 Å². The van der Waals surface area contributed by atoms with Gasteiger partial charge in [0, 0.05) is 4.88 Å². The van der Waals surface area contributed by atoms with E-state index in [1.807, 2.05) is 11.3 Å². The molecule has 1 aromatic rings. The summed E-state index contributed by atoms with van der Waals surface area (Å²) in [7, 11) is 0. The molecule has 2 heteroatoms. The smallest absolute Gasteiger partial charge is 0.0537 e. The van der Waals surface area contributed by atoms with Crippen molar-refractivity contribution in [1.29, 1.82) is 0 Å². The number of nitrogens with two attached hydrogens (primary N) is 1. The van der Waals surface area contributed by atoms with Crippen LogP contribution in [-0.2, 0) is 5.54 Å². The summed E-state index contributed by atoms with van der Waals surface area (Å²) >= 11 is 1.90. The maximum Gasteiger partial charge on any atom is 0.0537 e. The van der Waals surface area contributed by atoms with Crippen molar-refractivity contribution in [3.8, 4) is 0 Å². The van der Waals surface area contributed by atoms with Crippen LogP contribution < -0.4 is 5.73 Å². The molecule has 2 aliphatic carbocycles. The number of hydrogen-bond acceptors (Lipinski definition) is 2. The van der Waals surface area contributed by atoms with Gasteiger partial charge in [-0.15, -0.1) is 11.3 Å². The molecule has 0 radical (unpaired) electrons. The molecule has 0 amide bonds. The average Bonchev–Trinajstić information content (AvgIpc) is 2.87. The third kappa shape index (κ3) is 2.50. The molecule has 1 nitrogen and oxygen atoms in total. The highest BCUT2D eigenvalue weighted by Crippen LogP contribution is 2.49. The SMILES string of the molecule is Cc1ccsc1C1(N)CCCCC1C1CCCCC1. The summed E-state index contributed by atoms with van der Waals surface area (Å²) in [6.07, 6.45) is 12.4. The molecule has 1 aromatic heterocycles. The van der Waals surface area contributed by atoms with E-state index in [0.717, 1.165) is 11.8 Å². The first-order valence-corrected chi connectivity index (χ1v) is 8.93. The maximum atomic E-state index is 7.01. The minimum Gasteiger partial charge on any atom is -0.320 e. The second-order valence-electron chi connectivity index (χ2n) is 6.72. The van der Waals surface area contributed by atoms with Gasteiger partial charge in [-0.05, 0) is 48.6 Å². The maximum absolute atomic E-state index is 7.01. The van der Waals surface area contributed by atoms with Crippen LogP contribution in [0.3, 0.4) is 0 Å². The second kappa shape index (κ2) is 5.57. The van der Waals surface area contributed by atoms with Gasteiger partial charge >= 0.3 is 0 Å². The van der Waals surface area contributed by atoms with E-state index in [1.54, 1.807) is 0 Å². The van der Waals surface area contributed by atoms with Gasteiger partial charge in [-0.2, -0.15) is 0 Å². The molecule has 2 fully saturated rings. The molecule has 2 atom stereocenters. The fourth-order valence-corrected chi connectivity index (χ4v) is 5.68. The van der Waals surface area contributed by atoms with Gasteiger partial charge in [0.05, 0.1) is 5.54 Å². The zero-order valence-corrected chi connectivity index (χ0v) is 13.0. The van der Waals surface area contributed by atoms with Crippen molar-refractivity contribution in [2.45, 2.75) is 70.3 Å². The molecular formula is C17H27NS. The van der Waals surface area contributed by atoms with Crippen LogP contribution in [0.1, 0.15) is 68.2 Å². The zero-order chi connectivity index (χ0) is 13.3. The first kappa shape index (κ1) is 13.6. The molecule has 2 aliphatic rings. The van der Waals surface area contributed by atoms with E-state index in [1.165, 1.54) is 68.2 Å². The van der Waals surface area contributed by atoms with Gasteiger partial charge in [-0.3, -0.25) is 0 Å². The molecule has 19 heavy (non-hydrogen) atoms. The van der Waals surface area contributed by atoms with E-state index in [-0.39, 0.29) is 5.54 Å². The highest BCUT2D eigenvalue weighted by Gasteiger charge is 2.44. The van der Waals surface area contributed by atoms with Crippen LogP contribution in [0.4, 0.5) is 0 Å². The molecule has 2 N–H and O–H groups in total. The summed E-state index contributed by atoms with van der Waals surface area (Å²) in [6.45, 7) is 2.24. The Bertz CT molecular complexity index is 419. The van der Waals surface area contributed by atoms with Gasteiger partial charge < -0.3 is 5.73 Å². The van der Waals surface area contributed by atoms with Crippen molar-refractivity contribution in [3.05, 3.63) is 21.9 Å². The minimum atomic E-state index is -0.0154. The average molecular weight is 277 g/mol. The van der Waals surface area contributed by atoms with Crippen LogP contribution >= 0.6 is 11.3 Å². The molecule has 106 valence electrons. The predicted octanol–water partition coefficient (Wildman–Crippen LogP) is 4.98. The molecule has 0 spiro atoms.